The van der Waals surface area contributed by atoms with E-state index in [0.717, 1.165) is 42.8 Å². The number of unbranched alkanes of at least 4 members (excludes halogenated alkanes) is 8. The van der Waals surface area contributed by atoms with Crippen LogP contribution in [-0.2, 0) is 4.79 Å². The molecule has 0 aromatic heterocycles. The lowest BCUT2D eigenvalue weighted by atomic mass is 9.84. The first kappa shape index (κ1) is 29.7. The molecule has 0 N–H and O–H groups in total. The van der Waals surface area contributed by atoms with Crippen LogP contribution in [0.2, 0.25) is 0 Å². The van der Waals surface area contributed by atoms with E-state index in [1.54, 1.807) is 0 Å². The van der Waals surface area contributed by atoms with Gasteiger partial charge in [0.15, 0.2) is 0 Å². The van der Waals surface area contributed by atoms with Crippen LogP contribution in [-0.4, -0.2) is 6.29 Å². The van der Waals surface area contributed by atoms with Crippen molar-refractivity contribution < 1.29 is 4.79 Å². The van der Waals surface area contributed by atoms with Crippen molar-refractivity contribution in [3.05, 3.63) is 0 Å². The minimum absolute atomic E-state index is 0.750. The van der Waals surface area contributed by atoms with Gasteiger partial charge >= 0.3 is 0 Å². The smallest absolute Gasteiger partial charge is 0.120 e. The molecule has 0 saturated heterocycles. The lowest BCUT2D eigenvalue weighted by molar-refractivity contribution is -0.108. The van der Waals surface area contributed by atoms with E-state index in [-0.39, 0.29) is 0 Å². The first-order valence-electron chi connectivity index (χ1n) is 14.0. The molecule has 0 spiro atoms. The first-order chi connectivity index (χ1) is 14.5. The molecule has 180 valence electrons. The third-order valence-corrected chi connectivity index (χ3v) is 7.54. The molecular formula is C29H58O. The summed E-state index contributed by atoms with van der Waals surface area (Å²) in [5.74, 6) is 3.42. The van der Waals surface area contributed by atoms with Crippen LogP contribution in [0.1, 0.15) is 157 Å². The summed E-state index contributed by atoms with van der Waals surface area (Å²) in [4.78, 5) is 10.6. The van der Waals surface area contributed by atoms with E-state index in [1.807, 2.05) is 0 Å². The molecule has 4 unspecified atom stereocenters. The molecule has 4 atom stereocenters. The molecule has 30 heavy (non-hydrogen) atoms. The van der Waals surface area contributed by atoms with Gasteiger partial charge in [0.25, 0.3) is 0 Å². The second kappa shape index (κ2) is 21.9. The van der Waals surface area contributed by atoms with E-state index in [9.17, 15) is 4.79 Å². The van der Waals surface area contributed by atoms with Crippen LogP contribution in [0.3, 0.4) is 0 Å². The number of carbonyl (C=O) groups is 1. The van der Waals surface area contributed by atoms with Crippen LogP contribution in [0, 0.1) is 23.7 Å². The average molecular weight is 423 g/mol. The van der Waals surface area contributed by atoms with Crippen molar-refractivity contribution >= 4 is 6.29 Å². The number of hydrogen-bond donors (Lipinski definition) is 0. The summed E-state index contributed by atoms with van der Waals surface area (Å²) in [7, 11) is 0. The van der Waals surface area contributed by atoms with Gasteiger partial charge in [-0.3, -0.25) is 0 Å². The quantitative estimate of drug-likeness (QED) is 0.118. The van der Waals surface area contributed by atoms with Crippen molar-refractivity contribution in [1.29, 1.82) is 0 Å². The lowest BCUT2D eigenvalue weighted by Gasteiger charge is -2.21. The third kappa shape index (κ3) is 18.4. The second-order valence-electron chi connectivity index (χ2n) is 10.6. The standard InChI is InChI=1S/C29H58O/c1-6-8-19-26(3)21-16-17-22-27(4)20-14-12-10-9-11-13-15-23-28(5)29(7-2)24-18-25-30/h25-29H,6-24H2,1-5H3. The van der Waals surface area contributed by atoms with Gasteiger partial charge in [-0.25, -0.2) is 0 Å². The highest BCUT2D eigenvalue weighted by atomic mass is 16.1. The van der Waals surface area contributed by atoms with Crippen molar-refractivity contribution in [2.24, 2.45) is 23.7 Å². The Bertz CT molecular complexity index is 350. The summed E-state index contributed by atoms with van der Waals surface area (Å²) in [6.45, 7) is 11.9. The van der Waals surface area contributed by atoms with E-state index in [1.165, 1.54) is 109 Å². The van der Waals surface area contributed by atoms with Crippen LogP contribution in [0.4, 0.5) is 0 Å². The van der Waals surface area contributed by atoms with Crippen molar-refractivity contribution in [3.63, 3.8) is 0 Å². The number of rotatable bonds is 23. The monoisotopic (exact) mass is 422 g/mol. The predicted octanol–water partition coefficient (Wildman–Crippen LogP) is 10.2. The van der Waals surface area contributed by atoms with Gasteiger partial charge in [0.1, 0.15) is 6.29 Å². The first-order valence-corrected chi connectivity index (χ1v) is 14.0. The molecule has 0 rings (SSSR count). The molecule has 0 heterocycles. The average Bonchev–Trinajstić information content (AvgIpc) is 2.74. The van der Waals surface area contributed by atoms with Gasteiger partial charge in [0.05, 0.1) is 0 Å². The topological polar surface area (TPSA) is 17.1 Å². The SMILES string of the molecule is CCCCC(C)CCCCC(C)CCCCCCCCCC(C)C(CC)CCC=O. The summed E-state index contributed by atoms with van der Waals surface area (Å²) < 4.78 is 0. The van der Waals surface area contributed by atoms with Gasteiger partial charge in [-0.05, 0) is 30.1 Å². The van der Waals surface area contributed by atoms with Crippen LogP contribution in [0.15, 0.2) is 0 Å². The molecule has 0 aliphatic rings. The van der Waals surface area contributed by atoms with Crippen molar-refractivity contribution in [3.8, 4) is 0 Å². The molecule has 0 bridgehead atoms. The molecular weight excluding hydrogens is 364 g/mol. The van der Waals surface area contributed by atoms with Gasteiger partial charge in [-0.2, -0.15) is 0 Å². The molecule has 0 radical (unpaired) electrons. The summed E-state index contributed by atoms with van der Waals surface area (Å²) in [5, 5.41) is 0. The molecule has 0 saturated carbocycles. The molecule has 1 heteroatoms. The maximum atomic E-state index is 10.6. The number of hydrogen-bond acceptors (Lipinski definition) is 1. The molecule has 0 amide bonds. The van der Waals surface area contributed by atoms with Crippen LogP contribution in [0.5, 0.6) is 0 Å². The Morgan fingerprint density at radius 3 is 1.47 bits per heavy atom. The van der Waals surface area contributed by atoms with Gasteiger partial charge < -0.3 is 4.79 Å². The normalized spacial score (nSPS) is 15.6. The lowest BCUT2D eigenvalue weighted by Crippen LogP contribution is -2.11. The highest BCUT2D eigenvalue weighted by Crippen LogP contribution is 2.26. The zero-order valence-corrected chi connectivity index (χ0v) is 21.7. The van der Waals surface area contributed by atoms with E-state index in [0.29, 0.717) is 0 Å². The molecule has 0 aliphatic carbocycles. The van der Waals surface area contributed by atoms with Crippen LogP contribution < -0.4 is 0 Å². The Balaban J connectivity index is 3.45. The van der Waals surface area contributed by atoms with Crippen molar-refractivity contribution in [2.75, 3.05) is 0 Å². The number of aldehydes is 1. The fourth-order valence-corrected chi connectivity index (χ4v) is 5.08. The van der Waals surface area contributed by atoms with E-state index < -0.39 is 0 Å². The van der Waals surface area contributed by atoms with Gasteiger partial charge in [0, 0.05) is 6.42 Å². The Labute approximate surface area is 191 Å². The van der Waals surface area contributed by atoms with Gasteiger partial charge in [-0.1, -0.05) is 144 Å². The van der Waals surface area contributed by atoms with E-state index in [2.05, 4.69) is 34.6 Å². The largest absolute Gasteiger partial charge is 0.303 e. The molecule has 0 aromatic rings. The Morgan fingerprint density at radius 1 is 0.567 bits per heavy atom. The third-order valence-electron chi connectivity index (χ3n) is 7.54. The highest BCUT2D eigenvalue weighted by Gasteiger charge is 2.14. The van der Waals surface area contributed by atoms with Crippen LogP contribution in [0.25, 0.3) is 0 Å². The van der Waals surface area contributed by atoms with E-state index >= 15 is 0 Å². The molecule has 0 fully saturated rings. The predicted molar refractivity (Wildman–Crippen MR) is 136 cm³/mol. The zero-order chi connectivity index (χ0) is 22.5. The van der Waals surface area contributed by atoms with Crippen LogP contribution >= 0.6 is 0 Å². The van der Waals surface area contributed by atoms with Crippen molar-refractivity contribution in [1.82, 2.24) is 0 Å². The minimum Gasteiger partial charge on any atom is -0.303 e. The number of carbonyl (C=O) groups excluding carboxylic acids is 1. The highest BCUT2D eigenvalue weighted by molar-refractivity contribution is 5.49. The second-order valence-corrected chi connectivity index (χ2v) is 10.6. The van der Waals surface area contributed by atoms with Crippen molar-refractivity contribution in [2.45, 2.75) is 157 Å². The summed E-state index contributed by atoms with van der Waals surface area (Å²) in [6, 6.07) is 0. The molecule has 1 nitrogen and oxygen atoms in total. The fraction of sp³-hybridized carbons (Fsp3) is 0.966. The summed E-state index contributed by atoms with van der Waals surface area (Å²) in [6.07, 6.45) is 26.9. The van der Waals surface area contributed by atoms with Gasteiger partial charge in [-0.15, -0.1) is 0 Å². The van der Waals surface area contributed by atoms with E-state index in [4.69, 9.17) is 0 Å². The maximum Gasteiger partial charge on any atom is 0.120 e. The van der Waals surface area contributed by atoms with Gasteiger partial charge in [0.2, 0.25) is 0 Å². The Hall–Kier alpha value is -0.330. The summed E-state index contributed by atoms with van der Waals surface area (Å²) >= 11 is 0. The minimum atomic E-state index is 0.750. The molecule has 0 aliphatic heterocycles. The maximum absolute atomic E-state index is 10.6. The summed E-state index contributed by atoms with van der Waals surface area (Å²) in [5.41, 5.74) is 0. The molecule has 0 aromatic carbocycles. The Morgan fingerprint density at radius 2 is 1.00 bits per heavy atom. The zero-order valence-electron chi connectivity index (χ0n) is 21.7. The Kier molecular flexibility index (Phi) is 21.6. The fourth-order valence-electron chi connectivity index (χ4n) is 5.08.